The van der Waals surface area contributed by atoms with Crippen LogP contribution in [0.25, 0.3) is 0 Å². The summed E-state index contributed by atoms with van der Waals surface area (Å²) in [6.45, 7) is 0. The molecule has 0 aromatic carbocycles. The van der Waals surface area contributed by atoms with Crippen LogP contribution >= 0.6 is 15.9 Å². The van der Waals surface area contributed by atoms with Crippen LogP contribution in [-0.2, 0) is 4.79 Å². The van der Waals surface area contributed by atoms with E-state index in [-0.39, 0.29) is 6.04 Å². The van der Waals surface area contributed by atoms with Gasteiger partial charge in [0.2, 0.25) is 0 Å². The third-order valence-electron chi connectivity index (χ3n) is 1.93. The molecule has 1 aliphatic carbocycles. The van der Waals surface area contributed by atoms with Crippen LogP contribution in [0, 0.1) is 0 Å². The molecule has 1 saturated carbocycles. The lowest BCUT2D eigenvalue weighted by Crippen LogP contribution is -2.29. The lowest BCUT2D eigenvalue weighted by atomic mass is 9.92. The predicted molar refractivity (Wildman–Crippen MR) is 43.2 cm³/mol. The maximum Gasteiger partial charge on any atom is 0.157 e. The first kappa shape index (κ1) is 7.03. The molecule has 4 heteroatoms. The van der Waals surface area contributed by atoms with Crippen LogP contribution < -0.4 is 0 Å². The quantitative estimate of drug-likeness (QED) is 0.712. The summed E-state index contributed by atoms with van der Waals surface area (Å²) in [7, 11) is 0. The summed E-state index contributed by atoms with van der Waals surface area (Å²) in [6, 6.07) is 0.0151. The molecule has 0 saturated heterocycles. The molecule has 0 radical (unpaired) electrons. The molecule has 0 amide bonds. The van der Waals surface area contributed by atoms with Crippen LogP contribution in [0.5, 0.6) is 0 Å². The van der Waals surface area contributed by atoms with Crippen molar-refractivity contribution in [3.05, 3.63) is 16.9 Å². The zero-order valence-corrected chi connectivity index (χ0v) is 7.41. The van der Waals surface area contributed by atoms with Crippen molar-refractivity contribution in [1.29, 1.82) is 0 Å². The fraction of sp³-hybridized carbons (Fsp3) is 0.429. The minimum Gasteiger partial charge on any atom is -0.297 e. The summed E-state index contributed by atoms with van der Waals surface area (Å²) >= 11 is 3.28. The summed E-state index contributed by atoms with van der Waals surface area (Å²) in [5, 5.41) is 4.04. The number of halogens is 1. The minimum absolute atomic E-state index is 0.0151. The van der Waals surface area contributed by atoms with Gasteiger partial charge in [0, 0.05) is 12.6 Å². The largest absolute Gasteiger partial charge is 0.297 e. The minimum atomic E-state index is 0.0151. The van der Waals surface area contributed by atoms with Crippen molar-refractivity contribution in [2.75, 3.05) is 0 Å². The average Bonchev–Trinajstić information content (AvgIpc) is 2.33. The SMILES string of the molecule is O=C1CCC1n1cc(Br)cn1. The Bertz CT molecular complexity index is 294. The van der Waals surface area contributed by atoms with Gasteiger partial charge in [-0.3, -0.25) is 9.48 Å². The van der Waals surface area contributed by atoms with Gasteiger partial charge in [-0.1, -0.05) is 0 Å². The average molecular weight is 215 g/mol. The third kappa shape index (κ3) is 1.11. The standard InChI is InChI=1S/C7H7BrN2O/c8-5-3-9-10(4-5)6-1-2-7(6)11/h3-4,6H,1-2H2. The number of hydrogen-bond donors (Lipinski definition) is 0. The number of aromatic nitrogens is 2. The van der Waals surface area contributed by atoms with Crippen molar-refractivity contribution in [1.82, 2.24) is 9.78 Å². The number of hydrogen-bond acceptors (Lipinski definition) is 2. The second-order valence-corrected chi connectivity index (χ2v) is 3.58. The van der Waals surface area contributed by atoms with Crippen molar-refractivity contribution in [3.8, 4) is 0 Å². The molecule has 0 aliphatic heterocycles. The fourth-order valence-electron chi connectivity index (χ4n) is 1.16. The van der Waals surface area contributed by atoms with Gasteiger partial charge in [0.1, 0.15) is 6.04 Å². The van der Waals surface area contributed by atoms with Gasteiger partial charge in [0.25, 0.3) is 0 Å². The van der Waals surface area contributed by atoms with Gasteiger partial charge < -0.3 is 0 Å². The molecule has 0 N–H and O–H groups in total. The molecule has 1 atom stereocenters. The van der Waals surface area contributed by atoms with Gasteiger partial charge in [0.05, 0.1) is 10.7 Å². The van der Waals surface area contributed by atoms with E-state index >= 15 is 0 Å². The van der Waals surface area contributed by atoms with Gasteiger partial charge >= 0.3 is 0 Å². The van der Waals surface area contributed by atoms with E-state index in [1.54, 1.807) is 10.9 Å². The predicted octanol–water partition coefficient (Wildman–Crippen LogP) is 1.55. The Labute approximate surface area is 72.5 Å². The molecular formula is C7H7BrN2O. The van der Waals surface area contributed by atoms with Crippen molar-refractivity contribution in [2.24, 2.45) is 0 Å². The molecule has 1 aromatic rings. The number of carbonyl (C=O) groups is 1. The number of ketones is 1. The van der Waals surface area contributed by atoms with Crippen LogP contribution in [0.3, 0.4) is 0 Å². The zero-order valence-electron chi connectivity index (χ0n) is 5.83. The highest BCUT2D eigenvalue weighted by molar-refractivity contribution is 9.10. The summed E-state index contributed by atoms with van der Waals surface area (Å²) in [6.07, 6.45) is 5.18. The molecule has 3 nitrogen and oxygen atoms in total. The molecule has 0 spiro atoms. The zero-order chi connectivity index (χ0) is 7.84. The highest BCUT2D eigenvalue weighted by atomic mass is 79.9. The molecule has 58 valence electrons. The molecular weight excluding hydrogens is 208 g/mol. The highest BCUT2D eigenvalue weighted by Gasteiger charge is 2.29. The molecule has 1 unspecified atom stereocenters. The van der Waals surface area contributed by atoms with Crippen molar-refractivity contribution in [2.45, 2.75) is 18.9 Å². The Morgan fingerprint density at radius 3 is 2.91 bits per heavy atom. The second-order valence-electron chi connectivity index (χ2n) is 2.66. The molecule has 1 fully saturated rings. The molecule has 11 heavy (non-hydrogen) atoms. The van der Waals surface area contributed by atoms with Crippen LogP contribution in [0.15, 0.2) is 16.9 Å². The van der Waals surface area contributed by atoms with E-state index in [1.807, 2.05) is 6.20 Å². The molecule has 1 aromatic heterocycles. The van der Waals surface area contributed by atoms with Gasteiger partial charge in [-0.15, -0.1) is 0 Å². The van der Waals surface area contributed by atoms with Gasteiger partial charge in [-0.05, 0) is 22.4 Å². The monoisotopic (exact) mass is 214 g/mol. The first-order valence-electron chi connectivity index (χ1n) is 3.50. The summed E-state index contributed by atoms with van der Waals surface area (Å²) < 4.78 is 2.65. The Morgan fingerprint density at radius 2 is 2.55 bits per heavy atom. The Morgan fingerprint density at radius 1 is 1.73 bits per heavy atom. The molecule has 2 rings (SSSR count). The summed E-state index contributed by atoms with van der Waals surface area (Å²) in [4.78, 5) is 11.0. The number of nitrogens with zero attached hydrogens (tertiary/aromatic N) is 2. The first-order chi connectivity index (χ1) is 5.27. The smallest absolute Gasteiger partial charge is 0.157 e. The van der Waals surface area contributed by atoms with E-state index in [0.717, 1.165) is 10.9 Å². The fourth-order valence-corrected chi connectivity index (χ4v) is 1.46. The molecule has 1 heterocycles. The van der Waals surface area contributed by atoms with Crippen LogP contribution in [-0.4, -0.2) is 15.6 Å². The van der Waals surface area contributed by atoms with E-state index in [0.29, 0.717) is 12.2 Å². The molecule has 1 aliphatic rings. The topological polar surface area (TPSA) is 34.9 Å². The van der Waals surface area contributed by atoms with E-state index in [9.17, 15) is 4.79 Å². The maximum absolute atomic E-state index is 11.0. The van der Waals surface area contributed by atoms with Crippen molar-refractivity contribution in [3.63, 3.8) is 0 Å². The lowest BCUT2D eigenvalue weighted by molar-refractivity contribution is -0.128. The Kier molecular flexibility index (Phi) is 1.56. The maximum atomic E-state index is 11.0. The van der Waals surface area contributed by atoms with Gasteiger partial charge in [0.15, 0.2) is 5.78 Å². The number of carbonyl (C=O) groups excluding carboxylic acids is 1. The van der Waals surface area contributed by atoms with Gasteiger partial charge in [-0.2, -0.15) is 5.10 Å². The van der Waals surface area contributed by atoms with E-state index < -0.39 is 0 Å². The second kappa shape index (κ2) is 2.44. The Hall–Kier alpha value is -0.640. The summed E-state index contributed by atoms with van der Waals surface area (Å²) in [5.41, 5.74) is 0. The van der Waals surface area contributed by atoms with Gasteiger partial charge in [-0.25, -0.2) is 0 Å². The van der Waals surface area contributed by atoms with Crippen LogP contribution in [0.1, 0.15) is 18.9 Å². The van der Waals surface area contributed by atoms with E-state index in [4.69, 9.17) is 0 Å². The highest BCUT2D eigenvalue weighted by Crippen LogP contribution is 2.27. The number of rotatable bonds is 1. The summed E-state index contributed by atoms with van der Waals surface area (Å²) in [5.74, 6) is 0.292. The van der Waals surface area contributed by atoms with E-state index in [1.165, 1.54) is 0 Å². The van der Waals surface area contributed by atoms with Crippen LogP contribution in [0.2, 0.25) is 0 Å². The first-order valence-corrected chi connectivity index (χ1v) is 4.29. The Balaban J connectivity index is 2.23. The normalized spacial score (nSPS) is 23.4. The van der Waals surface area contributed by atoms with Crippen LogP contribution in [0.4, 0.5) is 0 Å². The van der Waals surface area contributed by atoms with E-state index in [2.05, 4.69) is 21.0 Å². The third-order valence-corrected chi connectivity index (χ3v) is 2.33. The lowest BCUT2D eigenvalue weighted by Gasteiger charge is -2.23. The van der Waals surface area contributed by atoms with Crippen molar-refractivity contribution >= 4 is 21.7 Å². The number of Topliss-reactive ketones (excluding diaryl/α,β-unsaturated/α-hetero) is 1. The van der Waals surface area contributed by atoms with Crippen molar-refractivity contribution < 1.29 is 4.79 Å². The molecule has 0 bridgehead atoms.